The zero-order valence-electron chi connectivity index (χ0n) is 15.9. The van der Waals surface area contributed by atoms with Crippen LogP contribution >= 0.6 is 0 Å². The van der Waals surface area contributed by atoms with Crippen LogP contribution in [-0.2, 0) is 28.5 Å². The summed E-state index contributed by atoms with van der Waals surface area (Å²) in [7, 11) is 0. The van der Waals surface area contributed by atoms with Crippen molar-refractivity contribution in [2.24, 2.45) is 5.92 Å². The molecule has 0 bridgehead atoms. The maximum Gasteiger partial charge on any atom is 0.341 e. The van der Waals surface area contributed by atoms with Gasteiger partial charge in [-0.2, -0.15) is 0 Å². The number of hydrogen-bond donors (Lipinski definition) is 1. The smallest absolute Gasteiger partial charge is 0.341 e. The van der Waals surface area contributed by atoms with Gasteiger partial charge in [0.15, 0.2) is 5.60 Å². The number of carbonyl (C=O) groups excluding carboxylic acids is 2. The molecule has 4 rings (SSSR count). The molecule has 4 aliphatic rings. The van der Waals surface area contributed by atoms with Gasteiger partial charge in [-0.05, 0) is 39.7 Å². The Labute approximate surface area is 158 Å². The van der Waals surface area contributed by atoms with Crippen molar-refractivity contribution in [2.75, 3.05) is 6.61 Å². The number of aliphatic hydroxyl groups excluding tert-OH is 1. The second kappa shape index (κ2) is 6.15. The highest BCUT2D eigenvalue weighted by Gasteiger charge is 2.62. The third kappa shape index (κ3) is 3.02. The molecule has 3 heterocycles. The Bertz CT molecular complexity index is 728. The van der Waals surface area contributed by atoms with E-state index in [1.54, 1.807) is 13.8 Å². The van der Waals surface area contributed by atoms with Crippen LogP contribution in [0.5, 0.6) is 0 Å². The number of allylic oxidation sites excluding steroid dienone is 1. The standard InChI is InChI=1S/C20H26O7/c1-10-5-6-15-20(9-21,27-15)8-14(25-18(23)19(4)12(3)26-19)16-11(2)17(22)24-13(16)7-10/h7,12-16,21H,2,5-6,8-9H2,1,3-4H3/b10-7+/t12?,13-,14-,15-,16+,19?,20+/m1/s1. The number of esters is 2. The van der Waals surface area contributed by atoms with Crippen molar-refractivity contribution in [3.8, 4) is 0 Å². The van der Waals surface area contributed by atoms with E-state index in [0.29, 0.717) is 0 Å². The Balaban J connectivity index is 1.67. The molecule has 148 valence electrons. The van der Waals surface area contributed by atoms with Gasteiger partial charge in [0.05, 0.1) is 24.7 Å². The van der Waals surface area contributed by atoms with Crippen LogP contribution in [0.15, 0.2) is 23.8 Å². The van der Waals surface area contributed by atoms with Gasteiger partial charge in [0, 0.05) is 12.0 Å². The minimum Gasteiger partial charge on any atom is -0.459 e. The van der Waals surface area contributed by atoms with Crippen LogP contribution < -0.4 is 0 Å². The number of aliphatic hydroxyl groups is 1. The van der Waals surface area contributed by atoms with Gasteiger partial charge in [-0.1, -0.05) is 12.2 Å². The summed E-state index contributed by atoms with van der Waals surface area (Å²) >= 11 is 0. The number of rotatable bonds is 3. The van der Waals surface area contributed by atoms with Crippen molar-refractivity contribution < 1.29 is 33.6 Å². The zero-order chi connectivity index (χ0) is 19.6. The van der Waals surface area contributed by atoms with Gasteiger partial charge >= 0.3 is 11.9 Å². The van der Waals surface area contributed by atoms with Crippen molar-refractivity contribution >= 4 is 11.9 Å². The third-order valence-corrected chi connectivity index (χ3v) is 6.44. The summed E-state index contributed by atoms with van der Waals surface area (Å²) in [6.45, 7) is 9.17. The van der Waals surface area contributed by atoms with Crippen molar-refractivity contribution in [3.63, 3.8) is 0 Å². The molecule has 27 heavy (non-hydrogen) atoms. The lowest BCUT2D eigenvalue weighted by Crippen LogP contribution is -2.41. The third-order valence-electron chi connectivity index (χ3n) is 6.44. The maximum atomic E-state index is 12.7. The predicted octanol–water partition coefficient (Wildman–Crippen LogP) is 1.43. The molecule has 0 aromatic rings. The van der Waals surface area contributed by atoms with Gasteiger partial charge in [0.1, 0.15) is 17.8 Å². The van der Waals surface area contributed by atoms with Crippen molar-refractivity contribution in [3.05, 3.63) is 23.8 Å². The van der Waals surface area contributed by atoms with Gasteiger partial charge < -0.3 is 24.1 Å². The van der Waals surface area contributed by atoms with Crippen LogP contribution in [0.3, 0.4) is 0 Å². The Hall–Kier alpha value is -1.70. The van der Waals surface area contributed by atoms with Crippen molar-refractivity contribution in [1.29, 1.82) is 0 Å². The molecule has 2 unspecified atom stereocenters. The molecule has 0 amide bonds. The number of fused-ring (bicyclic) bond motifs is 2. The lowest BCUT2D eigenvalue weighted by atomic mass is 9.82. The quantitative estimate of drug-likeness (QED) is 0.343. The number of epoxide rings is 2. The first-order chi connectivity index (χ1) is 12.7. The van der Waals surface area contributed by atoms with E-state index in [4.69, 9.17) is 18.9 Å². The topological polar surface area (TPSA) is 97.9 Å². The largest absolute Gasteiger partial charge is 0.459 e. The van der Waals surface area contributed by atoms with Gasteiger partial charge in [-0.3, -0.25) is 0 Å². The normalized spacial score (nSPS) is 47.9. The second-order valence-electron chi connectivity index (χ2n) is 8.32. The highest BCUT2D eigenvalue weighted by molar-refractivity contribution is 5.91. The van der Waals surface area contributed by atoms with Crippen molar-refractivity contribution in [1.82, 2.24) is 0 Å². The minimum atomic E-state index is -0.975. The highest BCUT2D eigenvalue weighted by atomic mass is 16.7. The molecule has 7 heteroatoms. The van der Waals surface area contributed by atoms with E-state index in [1.807, 2.05) is 13.0 Å². The molecule has 1 N–H and O–H groups in total. The Kier molecular flexibility index (Phi) is 4.25. The predicted molar refractivity (Wildman–Crippen MR) is 93.6 cm³/mol. The van der Waals surface area contributed by atoms with E-state index in [-0.39, 0.29) is 30.8 Å². The number of hydrogen-bond acceptors (Lipinski definition) is 7. The van der Waals surface area contributed by atoms with E-state index in [9.17, 15) is 14.7 Å². The fourth-order valence-electron chi connectivity index (χ4n) is 4.24. The summed E-state index contributed by atoms with van der Waals surface area (Å²) in [6.07, 6.45) is 2.18. The lowest BCUT2D eigenvalue weighted by Gasteiger charge is -2.29. The Morgan fingerprint density at radius 1 is 1.44 bits per heavy atom. The zero-order valence-corrected chi connectivity index (χ0v) is 15.9. The summed E-state index contributed by atoms with van der Waals surface area (Å²) < 4.78 is 22.5. The fraction of sp³-hybridized carbons (Fsp3) is 0.700. The molecule has 0 aromatic carbocycles. The van der Waals surface area contributed by atoms with E-state index < -0.39 is 41.3 Å². The van der Waals surface area contributed by atoms with E-state index in [1.165, 1.54) is 0 Å². The molecule has 3 fully saturated rings. The van der Waals surface area contributed by atoms with Crippen LogP contribution in [0.1, 0.15) is 40.0 Å². The Morgan fingerprint density at radius 2 is 2.15 bits per heavy atom. The summed E-state index contributed by atoms with van der Waals surface area (Å²) in [5.74, 6) is -1.47. The SMILES string of the molecule is C=C1C(=O)O[C@@H]2/C=C(\C)CC[C@H]3O[C@]3(CO)C[C@@H](OC(=O)C3(C)OC3C)[C@@H]12. The summed E-state index contributed by atoms with van der Waals surface area (Å²) in [5, 5.41) is 9.94. The molecular formula is C20H26O7. The minimum absolute atomic E-state index is 0.0958. The van der Waals surface area contributed by atoms with Gasteiger partial charge in [-0.15, -0.1) is 0 Å². The summed E-state index contributed by atoms with van der Waals surface area (Å²) in [4.78, 5) is 24.9. The average molecular weight is 378 g/mol. The van der Waals surface area contributed by atoms with Gasteiger partial charge in [-0.25, -0.2) is 9.59 Å². The molecule has 3 aliphatic heterocycles. The second-order valence-corrected chi connectivity index (χ2v) is 8.32. The monoisotopic (exact) mass is 378 g/mol. The van der Waals surface area contributed by atoms with Crippen LogP contribution in [-0.4, -0.2) is 59.3 Å². The van der Waals surface area contributed by atoms with Gasteiger partial charge in [0.2, 0.25) is 0 Å². The van der Waals surface area contributed by atoms with E-state index >= 15 is 0 Å². The molecule has 7 atom stereocenters. The van der Waals surface area contributed by atoms with E-state index in [2.05, 4.69) is 6.58 Å². The first-order valence-corrected chi connectivity index (χ1v) is 9.45. The summed E-state index contributed by atoms with van der Waals surface area (Å²) in [6, 6.07) is 0. The molecule has 0 aromatic heterocycles. The maximum absolute atomic E-state index is 12.7. The van der Waals surface area contributed by atoms with Crippen LogP contribution in [0.2, 0.25) is 0 Å². The molecule has 0 spiro atoms. The molecule has 0 radical (unpaired) electrons. The summed E-state index contributed by atoms with van der Waals surface area (Å²) in [5.41, 5.74) is -0.386. The number of ether oxygens (including phenoxy) is 4. The van der Waals surface area contributed by atoms with Crippen LogP contribution in [0, 0.1) is 5.92 Å². The lowest BCUT2D eigenvalue weighted by molar-refractivity contribution is -0.159. The van der Waals surface area contributed by atoms with E-state index in [0.717, 1.165) is 18.4 Å². The highest BCUT2D eigenvalue weighted by Crippen LogP contribution is 2.48. The first-order valence-electron chi connectivity index (χ1n) is 9.45. The van der Waals surface area contributed by atoms with Crippen LogP contribution in [0.25, 0.3) is 0 Å². The fourth-order valence-corrected chi connectivity index (χ4v) is 4.24. The first kappa shape index (κ1) is 18.7. The molecule has 3 saturated heterocycles. The molecule has 0 saturated carbocycles. The Morgan fingerprint density at radius 3 is 2.78 bits per heavy atom. The molecule has 7 nitrogen and oxygen atoms in total. The van der Waals surface area contributed by atoms with Crippen molar-refractivity contribution in [2.45, 2.75) is 75.7 Å². The van der Waals surface area contributed by atoms with Gasteiger partial charge in [0.25, 0.3) is 0 Å². The molecular weight excluding hydrogens is 352 g/mol. The average Bonchev–Trinajstić information content (AvgIpc) is 3.45. The molecule has 1 aliphatic carbocycles. The number of carbonyl (C=O) groups is 2. The van der Waals surface area contributed by atoms with Crippen LogP contribution in [0.4, 0.5) is 0 Å².